The fraction of sp³-hybridized carbons (Fsp3) is 0.238. The minimum absolute atomic E-state index is 0.0485. The molecule has 0 unspecified atom stereocenters. The number of imide groups is 1. The molecule has 1 aliphatic heterocycles. The maximum absolute atomic E-state index is 12.7. The second-order valence-electron chi connectivity index (χ2n) is 6.43. The van der Waals surface area contributed by atoms with E-state index >= 15 is 0 Å². The number of anilines is 1. The molecule has 9 heteroatoms. The van der Waals surface area contributed by atoms with Gasteiger partial charge in [0.25, 0.3) is 0 Å². The average molecular weight is 426 g/mol. The maximum Gasteiger partial charge on any atom is 0.247 e. The largest absolute Gasteiger partial charge is 0.497 e. The first-order valence-corrected chi connectivity index (χ1v) is 10.0. The third kappa shape index (κ3) is 4.80. The molecule has 30 heavy (non-hydrogen) atoms. The smallest absolute Gasteiger partial charge is 0.247 e. The molecule has 1 saturated heterocycles. The molecule has 0 aliphatic carbocycles. The van der Waals surface area contributed by atoms with Crippen molar-refractivity contribution in [1.29, 1.82) is 0 Å². The third-order valence-corrected chi connectivity index (χ3v) is 5.48. The average Bonchev–Trinajstić information content (AvgIpc) is 3.04. The minimum atomic E-state index is -0.639. The lowest BCUT2D eigenvalue weighted by molar-refractivity contribution is -0.121. The quantitative estimate of drug-likeness (QED) is 0.329. The Morgan fingerprint density at radius 2 is 1.57 bits per heavy atom. The highest BCUT2D eigenvalue weighted by molar-refractivity contribution is 8.14. The SMILES string of the molecule is COc1ccc(/C(C)=N\N=C(N)S[C@H]2CC(=O)N(c3ccc(OC)cc3)C2=O)cc1. The molecule has 1 atom stereocenters. The number of nitrogens with two attached hydrogens (primary N) is 1. The van der Waals surface area contributed by atoms with E-state index in [0.717, 1.165) is 28.0 Å². The number of thioether (sulfide) groups is 1. The first kappa shape index (κ1) is 21.4. The number of ether oxygens (including phenoxy) is 2. The molecule has 156 valence electrons. The van der Waals surface area contributed by atoms with Crippen LogP contribution in [0, 0.1) is 0 Å². The number of rotatable bonds is 6. The Kier molecular flexibility index (Phi) is 6.73. The van der Waals surface area contributed by atoms with Gasteiger partial charge in [-0.3, -0.25) is 9.59 Å². The van der Waals surface area contributed by atoms with Gasteiger partial charge in [0.2, 0.25) is 11.8 Å². The fourth-order valence-electron chi connectivity index (χ4n) is 2.88. The van der Waals surface area contributed by atoms with E-state index in [1.165, 1.54) is 0 Å². The van der Waals surface area contributed by atoms with E-state index in [1.54, 1.807) is 45.4 Å². The van der Waals surface area contributed by atoms with Crippen molar-refractivity contribution in [2.75, 3.05) is 19.1 Å². The van der Waals surface area contributed by atoms with Crippen molar-refractivity contribution in [2.45, 2.75) is 18.6 Å². The molecule has 0 bridgehead atoms. The van der Waals surface area contributed by atoms with Gasteiger partial charge in [0.1, 0.15) is 16.7 Å². The van der Waals surface area contributed by atoms with Crippen LogP contribution in [0.15, 0.2) is 58.7 Å². The zero-order valence-corrected chi connectivity index (χ0v) is 17.7. The van der Waals surface area contributed by atoms with Crippen molar-refractivity contribution < 1.29 is 19.1 Å². The molecule has 2 aromatic rings. The van der Waals surface area contributed by atoms with Crippen LogP contribution in [0.1, 0.15) is 18.9 Å². The number of benzene rings is 2. The molecule has 3 rings (SSSR count). The summed E-state index contributed by atoms with van der Waals surface area (Å²) in [4.78, 5) is 26.3. The highest BCUT2D eigenvalue weighted by atomic mass is 32.2. The van der Waals surface area contributed by atoms with Gasteiger partial charge in [-0.25, -0.2) is 4.90 Å². The molecule has 0 aromatic heterocycles. The topological polar surface area (TPSA) is 107 Å². The Labute approximate surface area is 178 Å². The summed E-state index contributed by atoms with van der Waals surface area (Å²) < 4.78 is 10.2. The van der Waals surface area contributed by atoms with Crippen LogP contribution in [0.4, 0.5) is 5.69 Å². The second kappa shape index (κ2) is 9.45. The van der Waals surface area contributed by atoms with Gasteiger partial charge in [0.15, 0.2) is 5.17 Å². The number of amidine groups is 1. The van der Waals surface area contributed by atoms with Gasteiger partial charge in [-0.05, 0) is 61.0 Å². The monoisotopic (exact) mass is 426 g/mol. The Morgan fingerprint density at radius 3 is 2.13 bits per heavy atom. The minimum Gasteiger partial charge on any atom is -0.497 e. The van der Waals surface area contributed by atoms with Gasteiger partial charge >= 0.3 is 0 Å². The zero-order valence-electron chi connectivity index (χ0n) is 16.9. The molecule has 2 amide bonds. The first-order valence-electron chi connectivity index (χ1n) is 9.12. The second-order valence-corrected chi connectivity index (χ2v) is 7.65. The van der Waals surface area contributed by atoms with E-state index in [4.69, 9.17) is 15.2 Å². The standard InChI is InChI=1S/C21H22N4O4S/c1-13(14-4-8-16(28-2)9-5-14)23-24-21(22)30-18-12-19(26)25(20(18)27)15-6-10-17(29-3)11-7-15/h4-11,18H,12H2,1-3H3,(H2,22,24)/b23-13-/t18-/m0/s1. The fourth-order valence-corrected chi connectivity index (χ4v) is 3.69. The number of carbonyl (C=O) groups is 2. The van der Waals surface area contributed by atoms with Gasteiger partial charge < -0.3 is 15.2 Å². The van der Waals surface area contributed by atoms with Gasteiger partial charge in [-0.1, -0.05) is 11.8 Å². The van der Waals surface area contributed by atoms with Crippen molar-refractivity contribution >= 4 is 40.1 Å². The summed E-state index contributed by atoms with van der Waals surface area (Å²) in [6, 6.07) is 14.1. The summed E-state index contributed by atoms with van der Waals surface area (Å²) >= 11 is 1.03. The molecule has 2 aromatic carbocycles. The van der Waals surface area contributed by atoms with Crippen LogP contribution in [0.2, 0.25) is 0 Å². The number of amides is 2. The van der Waals surface area contributed by atoms with Crippen LogP contribution in [-0.2, 0) is 9.59 Å². The molecular weight excluding hydrogens is 404 g/mol. The van der Waals surface area contributed by atoms with Crippen LogP contribution in [0.5, 0.6) is 11.5 Å². The van der Waals surface area contributed by atoms with Gasteiger partial charge in [-0.2, -0.15) is 5.10 Å². The van der Waals surface area contributed by atoms with Crippen LogP contribution < -0.4 is 20.1 Å². The highest BCUT2D eigenvalue weighted by Gasteiger charge is 2.40. The van der Waals surface area contributed by atoms with Crippen LogP contribution in [0.25, 0.3) is 0 Å². The third-order valence-electron chi connectivity index (χ3n) is 4.51. The van der Waals surface area contributed by atoms with Crippen LogP contribution >= 0.6 is 11.8 Å². The normalized spacial score (nSPS) is 17.4. The van der Waals surface area contributed by atoms with E-state index in [9.17, 15) is 9.59 Å². The first-order chi connectivity index (χ1) is 14.4. The molecule has 1 fully saturated rings. The van der Waals surface area contributed by atoms with Crippen molar-refractivity contribution in [2.24, 2.45) is 15.9 Å². The number of carbonyl (C=O) groups excluding carboxylic acids is 2. The lowest BCUT2D eigenvalue weighted by atomic mass is 10.1. The molecular formula is C21H22N4O4S. The van der Waals surface area contributed by atoms with Crippen molar-refractivity contribution in [1.82, 2.24) is 0 Å². The van der Waals surface area contributed by atoms with Crippen molar-refractivity contribution in [3.63, 3.8) is 0 Å². The Bertz CT molecular complexity index is 987. The molecule has 0 radical (unpaired) electrons. The number of hydrogen-bond donors (Lipinski definition) is 1. The Morgan fingerprint density at radius 1 is 1.00 bits per heavy atom. The lowest BCUT2D eigenvalue weighted by Crippen LogP contribution is -2.31. The molecule has 0 saturated carbocycles. The molecule has 8 nitrogen and oxygen atoms in total. The number of methoxy groups -OCH3 is 2. The number of nitrogens with zero attached hydrogens (tertiary/aromatic N) is 3. The van der Waals surface area contributed by atoms with Crippen LogP contribution in [0.3, 0.4) is 0 Å². The highest BCUT2D eigenvalue weighted by Crippen LogP contribution is 2.30. The van der Waals surface area contributed by atoms with E-state index in [1.807, 2.05) is 24.3 Å². The predicted octanol–water partition coefficient (Wildman–Crippen LogP) is 2.81. The molecule has 0 spiro atoms. The lowest BCUT2D eigenvalue weighted by Gasteiger charge is -2.15. The van der Waals surface area contributed by atoms with Gasteiger partial charge in [-0.15, -0.1) is 5.10 Å². The zero-order chi connectivity index (χ0) is 21.7. The summed E-state index contributed by atoms with van der Waals surface area (Å²) in [5, 5.41) is 7.61. The molecule has 1 heterocycles. The van der Waals surface area contributed by atoms with E-state index in [-0.39, 0.29) is 23.4 Å². The Hall–Kier alpha value is -3.33. The van der Waals surface area contributed by atoms with Crippen LogP contribution in [-0.4, -0.2) is 42.2 Å². The Balaban J connectivity index is 1.67. The summed E-state index contributed by atoms with van der Waals surface area (Å²) in [5.74, 6) is 0.777. The maximum atomic E-state index is 12.7. The van der Waals surface area contributed by atoms with Gasteiger partial charge in [0, 0.05) is 6.42 Å². The van der Waals surface area contributed by atoms with E-state index < -0.39 is 5.25 Å². The summed E-state index contributed by atoms with van der Waals surface area (Å²) in [6.45, 7) is 1.80. The molecule has 1 aliphatic rings. The summed E-state index contributed by atoms with van der Waals surface area (Å²) in [6.07, 6.45) is 0.0485. The predicted molar refractivity (Wildman–Crippen MR) is 118 cm³/mol. The van der Waals surface area contributed by atoms with E-state index in [0.29, 0.717) is 17.1 Å². The summed E-state index contributed by atoms with van der Waals surface area (Å²) in [5.41, 5.74) is 7.97. The van der Waals surface area contributed by atoms with Crippen molar-refractivity contribution in [3.05, 3.63) is 54.1 Å². The molecule has 2 N–H and O–H groups in total. The summed E-state index contributed by atoms with van der Waals surface area (Å²) in [7, 11) is 3.15. The van der Waals surface area contributed by atoms with Crippen molar-refractivity contribution in [3.8, 4) is 11.5 Å². The van der Waals surface area contributed by atoms with E-state index in [2.05, 4.69) is 10.2 Å². The van der Waals surface area contributed by atoms with Gasteiger partial charge in [0.05, 0.1) is 25.6 Å². The number of hydrogen-bond acceptors (Lipinski definition) is 7.